The van der Waals surface area contributed by atoms with Crippen LogP contribution in [0.25, 0.3) is 16.9 Å². The van der Waals surface area contributed by atoms with E-state index in [1.54, 1.807) is 0 Å². The SMILES string of the molecule is COc1cc(F)c(-n2nnc3c(OC4CCC(c5nc(C(C)C)no5)CC4)ncnc32)cn1. The summed E-state index contributed by atoms with van der Waals surface area (Å²) in [6.07, 6.45) is 5.97. The lowest BCUT2D eigenvalue weighted by Gasteiger charge is -2.26. The summed E-state index contributed by atoms with van der Waals surface area (Å²) in [5.74, 6) is 1.81. The molecular weight excluding hydrogens is 431 g/mol. The number of ether oxygens (including phenoxy) is 2. The van der Waals surface area contributed by atoms with E-state index in [1.165, 1.54) is 30.4 Å². The predicted molar refractivity (Wildman–Crippen MR) is 113 cm³/mol. The lowest BCUT2D eigenvalue weighted by molar-refractivity contribution is 0.135. The number of methoxy groups -OCH3 is 1. The molecule has 12 heteroatoms. The van der Waals surface area contributed by atoms with Gasteiger partial charge in [0.25, 0.3) is 0 Å². The van der Waals surface area contributed by atoms with Crippen LogP contribution in [0.15, 0.2) is 23.1 Å². The third-order valence-electron chi connectivity index (χ3n) is 5.73. The van der Waals surface area contributed by atoms with Gasteiger partial charge in [0.05, 0.1) is 13.3 Å². The van der Waals surface area contributed by atoms with Crippen molar-refractivity contribution in [3.63, 3.8) is 0 Å². The predicted octanol–water partition coefficient (Wildman–Crippen LogP) is 3.36. The van der Waals surface area contributed by atoms with E-state index in [1.807, 2.05) is 13.8 Å². The largest absolute Gasteiger partial charge is 0.481 e. The van der Waals surface area contributed by atoms with Crippen molar-refractivity contribution in [1.29, 1.82) is 0 Å². The van der Waals surface area contributed by atoms with E-state index >= 15 is 0 Å². The van der Waals surface area contributed by atoms with Crippen molar-refractivity contribution in [3.8, 4) is 17.4 Å². The minimum absolute atomic E-state index is 0.0450. The second-order valence-corrected chi connectivity index (χ2v) is 8.27. The summed E-state index contributed by atoms with van der Waals surface area (Å²) in [5, 5.41) is 12.2. The maximum Gasteiger partial charge on any atom is 0.247 e. The van der Waals surface area contributed by atoms with Crippen molar-refractivity contribution in [3.05, 3.63) is 36.1 Å². The Balaban J connectivity index is 1.31. The molecule has 1 saturated carbocycles. The zero-order valence-corrected chi connectivity index (χ0v) is 18.5. The molecule has 1 fully saturated rings. The highest BCUT2D eigenvalue weighted by Crippen LogP contribution is 2.35. The minimum Gasteiger partial charge on any atom is -0.481 e. The van der Waals surface area contributed by atoms with Crippen molar-refractivity contribution in [2.45, 2.75) is 57.5 Å². The van der Waals surface area contributed by atoms with Gasteiger partial charge < -0.3 is 14.0 Å². The summed E-state index contributed by atoms with van der Waals surface area (Å²) in [6, 6.07) is 1.17. The summed E-state index contributed by atoms with van der Waals surface area (Å²) in [4.78, 5) is 17.0. The van der Waals surface area contributed by atoms with Crippen molar-refractivity contribution < 1.29 is 18.4 Å². The summed E-state index contributed by atoms with van der Waals surface area (Å²) in [7, 11) is 1.42. The highest BCUT2D eigenvalue weighted by molar-refractivity contribution is 5.76. The van der Waals surface area contributed by atoms with Crippen molar-refractivity contribution >= 4 is 11.2 Å². The van der Waals surface area contributed by atoms with Crippen LogP contribution in [0.4, 0.5) is 4.39 Å². The van der Waals surface area contributed by atoms with Crippen LogP contribution in [0, 0.1) is 5.82 Å². The number of nitrogens with zero attached hydrogens (tertiary/aromatic N) is 8. The maximum absolute atomic E-state index is 14.5. The molecule has 0 aromatic carbocycles. The first-order valence-corrected chi connectivity index (χ1v) is 10.8. The van der Waals surface area contributed by atoms with E-state index < -0.39 is 5.82 Å². The van der Waals surface area contributed by atoms with Crippen LogP contribution in [0.1, 0.15) is 63.1 Å². The third-order valence-corrected chi connectivity index (χ3v) is 5.73. The number of rotatable bonds is 6. The zero-order valence-electron chi connectivity index (χ0n) is 18.5. The van der Waals surface area contributed by atoms with Crippen molar-refractivity contribution in [2.24, 2.45) is 0 Å². The monoisotopic (exact) mass is 454 g/mol. The van der Waals surface area contributed by atoms with Crippen LogP contribution < -0.4 is 9.47 Å². The Labute approximate surface area is 188 Å². The molecule has 0 saturated heterocycles. The minimum atomic E-state index is -0.560. The van der Waals surface area contributed by atoms with E-state index in [0.29, 0.717) is 22.9 Å². The summed E-state index contributed by atoms with van der Waals surface area (Å²) < 4.78 is 32.3. The van der Waals surface area contributed by atoms with Gasteiger partial charge in [-0.25, -0.2) is 14.4 Å². The first-order valence-electron chi connectivity index (χ1n) is 10.8. The quantitative estimate of drug-likeness (QED) is 0.428. The van der Waals surface area contributed by atoms with Gasteiger partial charge in [0.1, 0.15) is 18.1 Å². The van der Waals surface area contributed by atoms with Crippen LogP contribution in [-0.4, -0.2) is 53.3 Å². The highest BCUT2D eigenvalue weighted by Gasteiger charge is 2.29. The Morgan fingerprint density at radius 3 is 2.67 bits per heavy atom. The molecule has 33 heavy (non-hydrogen) atoms. The fourth-order valence-corrected chi connectivity index (χ4v) is 3.88. The van der Waals surface area contributed by atoms with E-state index in [-0.39, 0.29) is 29.5 Å². The fraction of sp³-hybridized carbons (Fsp3) is 0.476. The van der Waals surface area contributed by atoms with Gasteiger partial charge in [-0.3, -0.25) is 0 Å². The summed E-state index contributed by atoms with van der Waals surface area (Å²) in [6.45, 7) is 4.08. The van der Waals surface area contributed by atoms with Crippen LogP contribution in [0.2, 0.25) is 0 Å². The number of hydrogen-bond donors (Lipinski definition) is 0. The smallest absolute Gasteiger partial charge is 0.247 e. The molecule has 0 N–H and O–H groups in total. The number of halogens is 1. The molecule has 11 nitrogen and oxygen atoms in total. The lowest BCUT2D eigenvalue weighted by atomic mass is 9.87. The van der Waals surface area contributed by atoms with Crippen molar-refractivity contribution in [1.82, 2.24) is 40.1 Å². The number of fused-ring (bicyclic) bond motifs is 1. The second kappa shape index (κ2) is 8.68. The van der Waals surface area contributed by atoms with Gasteiger partial charge in [-0.15, -0.1) is 5.10 Å². The molecule has 4 aromatic rings. The number of hydrogen-bond acceptors (Lipinski definition) is 10. The Hall–Kier alpha value is -3.70. The molecule has 0 spiro atoms. The average molecular weight is 454 g/mol. The number of aromatic nitrogens is 8. The molecule has 0 amide bonds. The van der Waals surface area contributed by atoms with Gasteiger partial charge in [0.2, 0.25) is 17.7 Å². The molecule has 5 rings (SSSR count). The van der Waals surface area contributed by atoms with E-state index in [9.17, 15) is 4.39 Å². The third kappa shape index (κ3) is 4.08. The standard InChI is InChI=1S/C21H23FN8O3/c1-11(2)18-26-20(33-28-18)12-4-6-13(7-5-12)32-21-17-19(24-10-25-21)30(29-27-17)15-9-23-16(31-3)8-14(15)22/h8-13H,4-7H2,1-3H3. The number of pyridine rings is 1. The Kier molecular flexibility index (Phi) is 5.56. The highest BCUT2D eigenvalue weighted by atomic mass is 19.1. The molecule has 1 aliphatic rings. The molecule has 172 valence electrons. The van der Waals surface area contributed by atoms with Gasteiger partial charge in [-0.1, -0.05) is 24.2 Å². The van der Waals surface area contributed by atoms with Crippen LogP contribution >= 0.6 is 0 Å². The normalized spacial score (nSPS) is 18.7. The molecule has 0 radical (unpaired) electrons. The van der Waals surface area contributed by atoms with E-state index in [2.05, 4.69) is 35.4 Å². The molecule has 0 bridgehead atoms. The van der Waals surface area contributed by atoms with Crippen LogP contribution in [-0.2, 0) is 0 Å². The molecule has 0 unspecified atom stereocenters. The summed E-state index contributed by atoms with van der Waals surface area (Å²) in [5.41, 5.74) is 0.781. The van der Waals surface area contributed by atoms with Gasteiger partial charge >= 0.3 is 0 Å². The molecule has 4 heterocycles. The Morgan fingerprint density at radius 2 is 1.97 bits per heavy atom. The lowest BCUT2D eigenvalue weighted by Crippen LogP contribution is -2.24. The Morgan fingerprint density at radius 1 is 1.15 bits per heavy atom. The zero-order chi connectivity index (χ0) is 22.9. The van der Waals surface area contributed by atoms with Crippen molar-refractivity contribution in [2.75, 3.05) is 7.11 Å². The van der Waals surface area contributed by atoms with Gasteiger partial charge in [0.15, 0.2) is 22.8 Å². The molecule has 0 atom stereocenters. The molecule has 0 aliphatic heterocycles. The Bertz CT molecular complexity index is 1270. The topological polar surface area (TPSA) is 127 Å². The van der Waals surface area contributed by atoms with E-state index in [0.717, 1.165) is 31.5 Å². The fourth-order valence-electron chi connectivity index (χ4n) is 3.88. The van der Waals surface area contributed by atoms with Gasteiger partial charge in [-0.05, 0) is 25.7 Å². The van der Waals surface area contributed by atoms with Crippen LogP contribution in [0.5, 0.6) is 11.8 Å². The molecule has 4 aromatic heterocycles. The average Bonchev–Trinajstić information content (AvgIpc) is 3.48. The molecular formula is C21H23FN8O3. The van der Waals surface area contributed by atoms with E-state index in [4.69, 9.17) is 14.0 Å². The second-order valence-electron chi connectivity index (χ2n) is 8.27. The molecule has 1 aliphatic carbocycles. The first kappa shape index (κ1) is 21.2. The van der Waals surface area contributed by atoms with Gasteiger partial charge in [0, 0.05) is 17.9 Å². The van der Waals surface area contributed by atoms with Gasteiger partial charge in [-0.2, -0.15) is 14.6 Å². The summed E-state index contributed by atoms with van der Waals surface area (Å²) >= 11 is 0. The maximum atomic E-state index is 14.5. The first-order chi connectivity index (χ1) is 16.0. The van der Waals surface area contributed by atoms with Crippen LogP contribution in [0.3, 0.4) is 0 Å².